The van der Waals surface area contributed by atoms with E-state index in [0.717, 1.165) is 28.2 Å². The minimum atomic E-state index is -0.229. The summed E-state index contributed by atoms with van der Waals surface area (Å²) in [6, 6.07) is 23.0. The van der Waals surface area contributed by atoms with Crippen LogP contribution in [0.25, 0.3) is 0 Å². The molecule has 1 aliphatic heterocycles. The Morgan fingerprint density at radius 1 is 1.00 bits per heavy atom. The van der Waals surface area contributed by atoms with E-state index < -0.39 is 0 Å². The predicted molar refractivity (Wildman–Crippen MR) is 112 cm³/mol. The molecule has 0 bridgehead atoms. The van der Waals surface area contributed by atoms with Gasteiger partial charge in [-0.3, -0.25) is 10.3 Å². The third kappa shape index (κ3) is 3.88. The molecule has 3 aromatic rings. The second-order valence-electron chi connectivity index (χ2n) is 6.74. The highest BCUT2D eigenvalue weighted by Crippen LogP contribution is 2.34. The van der Waals surface area contributed by atoms with Crippen molar-refractivity contribution in [3.63, 3.8) is 0 Å². The van der Waals surface area contributed by atoms with Gasteiger partial charge in [0.2, 0.25) is 0 Å². The molecule has 0 radical (unpaired) electrons. The van der Waals surface area contributed by atoms with Crippen LogP contribution in [0.5, 0.6) is 11.5 Å². The fourth-order valence-electron chi connectivity index (χ4n) is 3.46. The van der Waals surface area contributed by atoms with Crippen LogP contribution in [0, 0.1) is 0 Å². The third-order valence-electron chi connectivity index (χ3n) is 4.96. The highest BCUT2D eigenvalue weighted by atomic mass is 35.5. The van der Waals surface area contributed by atoms with Crippen molar-refractivity contribution < 1.29 is 9.84 Å². The Morgan fingerprint density at radius 3 is 2.39 bits per heavy atom. The number of rotatable bonds is 4. The molecule has 0 spiro atoms. The van der Waals surface area contributed by atoms with Gasteiger partial charge in [-0.05, 0) is 53.6 Å². The van der Waals surface area contributed by atoms with Crippen molar-refractivity contribution in [3.05, 3.63) is 94.5 Å². The lowest BCUT2D eigenvalue weighted by Gasteiger charge is -2.31. The molecule has 0 aliphatic carbocycles. The molecule has 3 aromatic carbocycles. The van der Waals surface area contributed by atoms with E-state index in [4.69, 9.17) is 21.3 Å². The number of hydrogen-bond acceptors (Lipinski definition) is 4. The number of phenols is 1. The van der Waals surface area contributed by atoms with Crippen LogP contribution < -0.4 is 10.1 Å². The van der Waals surface area contributed by atoms with E-state index in [0.29, 0.717) is 11.4 Å². The Bertz CT molecular complexity index is 984. The van der Waals surface area contributed by atoms with Crippen LogP contribution in [-0.4, -0.2) is 17.9 Å². The Labute approximate surface area is 169 Å². The van der Waals surface area contributed by atoms with Gasteiger partial charge in [0.25, 0.3) is 0 Å². The van der Waals surface area contributed by atoms with Crippen LogP contribution in [0.3, 0.4) is 0 Å². The zero-order valence-electron chi connectivity index (χ0n) is 15.5. The molecule has 2 N–H and O–H groups in total. The standard InChI is InChI=1S/C23H21ClN2O2/c1-28-18-12-8-15(9-13-18)20-14-21(19-4-2-3-5-22(19)27)26-23(25-20)16-6-10-17(24)11-7-16/h2-13,21,23,26-27H,14H2,1H3/t21-,23+/m0/s1. The first-order valence-electron chi connectivity index (χ1n) is 9.14. The zero-order valence-corrected chi connectivity index (χ0v) is 16.2. The molecule has 0 unspecified atom stereocenters. The van der Waals surface area contributed by atoms with Crippen LogP contribution in [0.15, 0.2) is 77.8 Å². The van der Waals surface area contributed by atoms with Gasteiger partial charge < -0.3 is 9.84 Å². The molecule has 142 valence electrons. The summed E-state index contributed by atoms with van der Waals surface area (Å²) < 4.78 is 5.27. The number of phenolic OH excluding ortho intramolecular Hbond substituents is 1. The summed E-state index contributed by atoms with van der Waals surface area (Å²) in [5.41, 5.74) is 3.91. The smallest absolute Gasteiger partial charge is 0.126 e. The number of aromatic hydroxyl groups is 1. The third-order valence-corrected chi connectivity index (χ3v) is 5.21. The SMILES string of the molecule is COc1ccc(C2=N[C@@H](c3ccc(Cl)cc3)N[C@H](c3ccccc3O)C2)cc1. The summed E-state index contributed by atoms with van der Waals surface area (Å²) in [6.07, 6.45) is 0.446. The number of nitrogens with zero attached hydrogens (tertiary/aromatic N) is 1. The van der Waals surface area contributed by atoms with Crippen molar-refractivity contribution in [3.8, 4) is 11.5 Å². The molecule has 0 saturated heterocycles. The molecule has 2 atom stereocenters. The topological polar surface area (TPSA) is 53.8 Å². The molecule has 5 heteroatoms. The lowest BCUT2D eigenvalue weighted by molar-refractivity contribution is 0.412. The van der Waals surface area contributed by atoms with Crippen molar-refractivity contribution in [1.29, 1.82) is 0 Å². The zero-order chi connectivity index (χ0) is 19.5. The minimum Gasteiger partial charge on any atom is -0.508 e. The molecule has 4 nitrogen and oxygen atoms in total. The number of halogens is 1. The quantitative estimate of drug-likeness (QED) is 0.635. The molecule has 0 fully saturated rings. The average Bonchev–Trinajstić information content (AvgIpc) is 2.74. The fraction of sp³-hybridized carbons (Fsp3) is 0.174. The van der Waals surface area contributed by atoms with E-state index in [1.165, 1.54) is 0 Å². The second kappa shape index (κ2) is 8.05. The first kappa shape index (κ1) is 18.5. The Morgan fingerprint density at radius 2 is 1.71 bits per heavy atom. The summed E-state index contributed by atoms with van der Waals surface area (Å²) in [5, 5.41) is 14.6. The number of methoxy groups -OCH3 is 1. The van der Waals surface area contributed by atoms with E-state index in [-0.39, 0.29) is 18.0 Å². The molecule has 4 rings (SSSR count). The summed E-state index contributed by atoms with van der Waals surface area (Å²) in [6.45, 7) is 0. The molecular weight excluding hydrogens is 372 g/mol. The maximum absolute atomic E-state index is 10.4. The summed E-state index contributed by atoms with van der Waals surface area (Å²) in [7, 11) is 1.65. The summed E-state index contributed by atoms with van der Waals surface area (Å²) >= 11 is 6.05. The lowest BCUT2D eigenvalue weighted by Crippen LogP contribution is -2.33. The number of hydrogen-bond donors (Lipinski definition) is 2. The van der Waals surface area contributed by atoms with Gasteiger partial charge in [0.1, 0.15) is 17.7 Å². The van der Waals surface area contributed by atoms with E-state index in [9.17, 15) is 5.11 Å². The Hall–Kier alpha value is -2.82. The molecule has 28 heavy (non-hydrogen) atoms. The first-order valence-corrected chi connectivity index (χ1v) is 9.52. The highest BCUT2D eigenvalue weighted by Gasteiger charge is 2.27. The van der Waals surface area contributed by atoms with Gasteiger partial charge in [-0.1, -0.05) is 41.9 Å². The molecule has 1 aliphatic rings. The van der Waals surface area contributed by atoms with Crippen LogP contribution in [0.1, 0.15) is 35.3 Å². The van der Waals surface area contributed by atoms with Gasteiger partial charge in [-0.15, -0.1) is 0 Å². The van der Waals surface area contributed by atoms with E-state index in [2.05, 4.69) is 5.32 Å². The molecule has 0 saturated carbocycles. The molecule has 0 aromatic heterocycles. The van der Waals surface area contributed by atoms with Gasteiger partial charge in [-0.25, -0.2) is 0 Å². The van der Waals surface area contributed by atoms with Crippen molar-refractivity contribution in [2.45, 2.75) is 18.6 Å². The number of para-hydroxylation sites is 1. The summed E-state index contributed by atoms with van der Waals surface area (Å²) in [4.78, 5) is 4.95. The summed E-state index contributed by atoms with van der Waals surface area (Å²) in [5.74, 6) is 1.09. The Balaban J connectivity index is 1.73. The van der Waals surface area contributed by atoms with Crippen LogP contribution in [0.2, 0.25) is 5.02 Å². The minimum absolute atomic E-state index is 0.0588. The molecular formula is C23H21ClN2O2. The molecule has 0 amide bonds. The van der Waals surface area contributed by atoms with E-state index in [1.807, 2.05) is 66.7 Å². The van der Waals surface area contributed by atoms with Crippen molar-refractivity contribution in [2.24, 2.45) is 4.99 Å². The van der Waals surface area contributed by atoms with Crippen molar-refractivity contribution in [2.75, 3.05) is 7.11 Å². The van der Waals surface area contributed by atoms with Gasteiger partial charge in [0.05, 0.1) is 7.11 Å². The average molecular weight is 393 g/mol. The largest absolute Gasteiger partial charge is 0.508 e. The van der Waals surface area contributed by atoms with Crippen LogP contribution in [0.4, 0.5) is 0 Å². The van der Waals surface area contributed by atoms with Gasteiger partial charge >= 0.3 is 0 Å². The highest BCUT2D eigenvalue weighted by molar-refractivity contribution is 6.30. The van der Waals surface area contributed by atoms with Gasteiger partial charge in [0.15, 0.2) is 0 Å². The van der Waals surface area contributed by atoms with Crippen LogP contribution in [-0.2, 0) is 0 Å². The normalized spacial score (nSPS) is 19.1. The number of aliphatic imine (C=N–C) groups is 1. The van der Waals surface area contributed by atoms with Crippen molar-refractivity contribution in [1.82, 2.24) is 5.32 Å². The number of benzene rings is 3. The first-order chi connectivity index (χ1) is 13.6. The van der Waals surface area contributed by atoms with E-state index >= 15 is 0 Å². The number of ether oxygens (including phenoxy) is 1. The van der Waals surface area contributed by atoms with E-state index in [1.54, 1.807) is 13.2 Å². The van der Waals surface area contributed by atoms with Gasteiger partial charge in [-0.2, -0.15) is 0 Å². The van der Waals surface area contributed by atoms with Crippen molar-refractivity contribution >= 4 is 17.3 Å². The number of nitrogens with one attached hydrogen (secondary N) is 1. The van der Waals surface area contributed by atoms with Gasteiger partial charge in [0, 0.05) is 28.8 Å². The molecule has 1 heterocycles. The monoisotopic (exact) mass is 392 g/mol. The van der Waals surface area contributed by atoms with Crippen LogP contribution >= 0.6 is 11.6 Å². The second-order valence-corrected chi connectivity index (χ2v) is 7.18. The fourth-order valence-corrected chi connectivity index (χ4v) is 3.59. The maximum atomic E-state index is 10.4. The Kier molecular flexibility index (Phi) is 5.33. The maximum Gasteiger partial charge on any atom is 0.126 e. The predicted octanol–water partition coefficient (Wildman–Crippen LogP) is 5.28. The lowest BCUT2D eigenvalue weighted by atomic mass is 9.93.